The Morgan fingerprint density at radius 1 is 0.881 bits per heavy atom. The van der Waals surface area contributed by atoms with Gasteiger partial charge in [-0.3, -0.25) is 28.9 Å². The molecule has 6 N–H and O–H groups in total. The van der Waals surface area contributed by atoms with E-state index in [4.69, 9.17) is 0 Å². The van der Waals surface area contributed by atoms with Crippen LogP contribution in [0, 0.1) is 11.6 Å². The first-order valence-corrected chi connectivity index (χ1v) is 23.8. The van der Waals surface area contributed by atoms with Crippen molar-refractivity contribution in [1.82, 2.24) is 26.3 Å². The third kappa shape index (κ3) is 9.61. The Kier molecular flexibility index (Phi) is 13.9. The van der Waals surface area contributed by atoms with E-state index < -0.39 is 117 Å². The summed E-state index contributed by atoms with van der Waals surface area (Å²) in [6, 6.07) is 8.16. The van der Waals surface area contributed by atoms with E-state index >= 15 is 0 Å². The maximum absolute atomic E-state index is 14.8. The van der Waals surface area contributed by atoms with Crippen LogP contribution in [-0.4, -0.2) is 111 Å². The summed E-state index contributed by atoms with van der Waals surface area (Å²) in [6.45, 7) is 6.66. The average molecular weight is 944 g/mol. The summed E-state index contributed by atoms with van der Waals surface area (Å²) in [7, 11) is -0.406. The number of hydrogen-bond acceptors (Lipinski definition) is 11. The molecule has 4 aromatic rings. The Morgan fingerprint density at radius 3 is 2.22 bits per heavy atom. The molecule has 354 valence electrons. The molecular weight excluding hydrogens is 891 g/mol. The number of nitrogens with one attached hydrogen (secondary N) is 6. The van der Waals surface area contributed by atoms with Crippen molar-refractivity contribution in [3.63, 3.8) is 0 Å². The molecule has 0 radical (unpaired) electrons. The fourth-order valence-electron chi connectivity index (χ4n) is 8.64. The standard InChI is InChI=1S/C46H52F2N10O8S/c1-23-31-20-29(22-56-26(4)36(54-41(60)25(3)50-6)46(64)58(44(31)56)38(23)43(62)55-37-32(47)14-9-15-33(37)48)27-11-8-13-30(19-27)52-42(61)35-21-28-12-10-17-51-39(28)57(35)45(63)34(16-18-67(7,65)66)53-40(59)24(2)49-5/h8-15,17,19-20,22-26,34-36,38,49-50H,16,18,21H2,1-7H3,(H3-,52,53,54,55,59,60,61,62)/p+1. The quantitative estimate of drug-likeness (QED) is 0.0943. The highest BCUT2D eigenvalue weighted by Gasteiger charge is 2.59. The molecule has 0 bridgehead atoms. The summed E-state index contributed by atoms with van der Waals surface area (Å²) < 4.78 is 55.8. The Labute approximate surface area is 386 Å². The highest BCUT2D eigenvalue weighted by molar-refractivity contribution is 7.90. The van der Waals surface area contributed by atoms with Gasteiger partial charge in [-0.1, -0.05) is 31.2 Å². The van der Waals surface area contributed by atoms with Crippen molar-refractivity contribution in [2.24, 2.45) is 0 Å². The summed E-state index contributed by atoms with van der Waals surface area (Å²) in [6.07, 6.45) is 4.06. The minimum Gasteiger partial charge on any atom is -0.343 e. The molecule has 7 rings (SSSR count). The van der Waals surface area contributed by atoms with Gasteiger partial charge in [0.2, 0.25) is 17.7 Å². The summed E-state index contributed by atoms with van der Waals surface area (Å²) in [4.78, 5) is 90.4. The minimum atomic E-state index is -3.56. The number of anilines is 4. The van der Waals surface area contributed by atoms with Gasteiger partial charge >= 0.3 is 5.91 Å². The molecule has 67 heavy (non-hydrogen) atoms. The number of carbonyl (C=O) groups excluding carboxylic acids is 6. The van der Waals surface area contributed by atoms with Gasteiger partial charge < -0.3 is 31.9 Å². The molecule has 8 unspecified atom stereocenters. The van der Waals surface area contributed by atoms with E-state index in [2.05, 4.69) is 36.9 Å². The van der Waals surface area contributed by atoms with Crippen LogP contribution in [0.25, 0.3) is 11.1 Å². The lowest BCUT2D eigenvalue weighted by Gasteiger charge is -2.33. The Hall–Kier alpha value is -6.71. The summed E-state index contributed by atoms with van der Waals surface area (Å²) in [5.74, 6) is -6.35. The van der Waals surface area contributed by atoms with E-state index in [1.54, 1.807) is 95.0 Å². The molecule has 0 spiro atoms. The predicted octanol–water partition coefficient (Wildman–Crippen LogP) is 1.86. The lowest BCUT2D eigenvalue weighted by molar-refractivity contribution is -0.710. The second-order valence-corrected chi connectivity index (χ2v) is 19.4. The van der Waals surface area contributed by atoms with Crippen molar-refractivity contribution in [1.29, 1.82) is 0 Å². The molecule has 0 fully saturated rings. The van der Waals surface area contributed by atoms with E-state index in [1.165, 1.54) is 16.0 Å². The molecule has 0 saturated heterocycles. The minimum absolute atomic E-state index is 0.0685. The van der Waals surface area contributed by atoms with Crippen molar-refractivity contribution >= 4 is 68.3 Å². The zero-order valence-corrected chi connectivity index (χ0v) is 38.7. The van der Waals surface area contributed by atoms with Crippen LogP contribution >= 0.6 is 0 Å². The lowest BCUT2D eigenvalue weighted by atomic mass is 9.94. The SMILES string of the molecule is CNC(C)C(=O)NC(CCS(C)(=O)=O)C(=O)N1c2ncccc2CC1C(=O)Nc1cccc(-c2cc3c4[n+](c2)C(C)C(NC(=O)C(C)NC)C(=O)N4C(C(=O)Nc2c(F)cccc2F)C3C)c1. The molecule has 18 nitrogen and oxygen atoms in total. The molecule has 8 atom stereocenters. The molecular formula is C46H53F2N10O8S+. The van der Waals surface area contributed by atoms with E-state index in [-0.39, 0.29) is 18.7 Å². The number of fused-ring (bicyclic) bond motifs is 1. The van der Waals surface area contributed by atoms with Gasteiger partial charge in [0.05, 0.1) is 29.6 Å². The number of likely N-dealkylation sites (N-methyl/N-ethyl adjacent to an activating group) is 2. The number of hydrogen-bond donors (Lipinski definition) is 6. The van der Waals surface area contributed by atoms with E-state index in [1.807, 2.05) is 0 Å². The number of pyridine rings is 2. The number of rotatable bonds is 15. The molecule has 6 amide bonds. The first-order valence-electron chi connectivity index (χ1n) is 21.7. The summed E-state index contributed by atoms with van der Waals surface area (Å²) in [5, 5.41) is 16.4. The van der Waals surface area contributed by atoms with Crippen molar-refractivity contribution in [3.8, 4) is 11.1 Å². The van der Waals surface area contributed by atoms with Crippen LogP contribution in [0.15, 0.2) is 73.1 Å². The average Bonchev–Trinajstić information content (AvgIpc) is 3.84. The van der Waals surface area contributed by atoms with Gasteiger partial charge in [0.25, 0.3) is 17.6 Å². The number of carbonyl (C=O) groups is 6. The molecule has 2 aromatic heterocycles. The number of aromatic nitrogens is 2. The van der Waals surface area contributed by atoms with Crippen LogP contribution in [-0.2, 0) is 45.0 Å². The topological polar surface area (TPSA) is 232 Å². The smallest absolute Gasteiger partial charge is 0.337 e. The van der Waals surface area contributed by atoms with Gasteiger partial charge in [-0.25, -0.2) is 31.5 Å². The molecule has 0 saturated carbocycles. The molecule has 21 heteroatoms. The molecule has 3 aliphatic rings. The highest BCUT2D eigenvalue weighted by atomic mass is 32.2. The van der Waals surface area contributed by atoms with Crippen LogP contribution < -0.4 is 46.3 Å². The zero-order valence-electron chi connectivity index (χ0n) is 37.9. The maximum atomic E-state index is 14.8. The van der Waals surface area contributed by atoms with Gasteiger partial charge in [-0.15, -0.1) is 0 Å². The van der Waals surface area contributed by atoms with Crippen molar-refractivity contribution in [3.05, 3.63) is 95.8 Å². The van der Waals surface area contributed by atoms with Gasteiger partial charge in [-0.2, -0.15) is 4.90 Å². The van der Waals surface area contributed by atoms with Crippen molar-refractivity contribution in [2.45, 2.75) is 88.7 Å². The summed E-state index contributed by atoms with van der Waals surface area (Å²) >= 11 is 0. The van der Waals surface area contributed by atoms with Crippen LogP contribution in [0.1, 0.15) is 57.2 Å². The Bertz CT molecular complexity index is 2760. The molecule has 2 aromatic carbocycles. The van der Waals surface area contributed by atoms with Gasteiger partial charge in [-0.05, 0) is 88.8 Å². The highest BCUT2D eigenvalue weighted by Crippen LogP contribution is 2.44. The van der Waals surface area contributed by atoms with Gasteiger partial charge in [0.1, 0.15) is 51.1 Å². The predicted molar refractivity (Wildman–Crippen MR) is 245 cm³/mol. The Morgan fingerprint density at radius 2 is 1.55 bits per heavy atom. The maximum Gasteiger partial charge on any atom is 0.337 e. The van der Waals surface area contributed by atoms with Gasteiger partial charge in [0.15, 0.2) is 12.1 Å². The molecule has 5 heterocycles. The van der Waals surface area contributed by atoms with Crippen LogP contribution in [0.3, 0.4) is 0 Å². The van der Waals surface area contributed by atoms with E-state index in [0.717, 1.165) is 24.5 Å². The number of para-hydroxylation sites is 1. The number of sulfone groups is 1. The number of amides is 6. The van der Waals surface area contributed by atoms with Crippen molar-refractivity contribution < 1.29 is 50.5 Å². The normalized spacial score (nSPS) is 20.9. The Balaban J connectivity index is 1.22. The van der Waals surface area contributed by atoms with E-state index in [0.29, 0.717) is 33.8 Å². The summed E-state index contributed by atoms with van der Waals surface area (Å²) in [5.41, 5.74) is 1.98. The fourth-order valence-corrected chi connectivity index (χ4v) is 9.30. The van der Waals surface area contributed by atoms with Crippen molar-refractivity contribution in [2.75, 3.05) is 46.5 Å². The number of benzene rings is 2. The first-order chi connectivity index (χ1) is 31.7. The van der Waals surface area contributed by atoms with E-state index in [9.17, 15) is 46.0 Å². The third-order valence-corrected chi connectivity index (χ3v) is 13.6. The van der Waals surface area contributed by atoms with Crippen LogP contribution in [0.2, 0.25) is 0 Å². The monoisotopic (exact) mass is 943 g/mol. The molecule has 3 aliphatic heterocycles. The lowest BCUT2D eigenvalue weighted by Crippen LogP contribution is -2.67. The fraction of sp³-hybridized carbons (Fsp3) is 0.391. The number of halogens is 2. The van der Waals surface area contributed by atoms with Crippen LogP contribution in [0.4, 0.5) is 31.8 Å². The third-order valence-electron chi connectivity index (χ3n) is 12.6. The first kappa shape index (κ1) is 48.2. The largest absolute Gasteiger partial charge is 0.343 e. The van der Waals surface area contributed by atoms with Crippen LogP contribution in [0.5, 0.6) is 0 Å². The second kappa shape index (κ2) is 19.3. The number of nitrogens with zero attached hydrogens (tertiary/aromatic N) is 4. The second-order valence-electron chi connectivity index (χ2n) is 17.2. The van der Waals surface area contributed by atoms with Gasteiger partial charge in [0, 0.05) is 36.0 Å². The molecule has 0 aliphatic carbocycles. The zero-order chi connectivity index (χ0) is 48.6.